The van der Waals surface area contributed by atoms with Crippen molar-refractivity contribution in [2.75, 3.05) is 7.05 Å². The number of carbonyl (C=O) groups is 7. The van der Waals surface area contributed by atoms with Gasteiger partial charge in [0.15, 0.2) is 6.04 Å². The lowest BCUT2D eigenvalue weighted by molar-refractivity contribution is -0.938. The molecule has 0 radical (unpaired) electrons. The molecule has 20 heteroatoms. The molecule has 266 valence electrons. The number of benzene rings is 2. The monoisotopic (exact) mass is 715 g/mol. The lowest BCUT2D eigenvalue weighted by Gasteiger charge is -2.50. The molecule has 6 amide bonds. The summed E-state index contributed by atoms with van der Waals surface area (Å²) in [5.41, 5.74) is 2.69. The smallest absolute Gasteiger partial charge is 0.408 e. The van der Waals surface area contributed by atoms with Gasteiger partial charge in [-0.3, -0.25) is 29.3 Å². The second-order valence-corrected chi connectivity index (χ2v) is 13.6. The third-order valence-electron chi connectivity index (χ3n) is 8.14. The predicted octanol–water partition coefficient (Wildman–Crippen LogP) is -1.64. The largest absolute Gasteiger partial charge is 0.544 e. The van der Waals surface area contributed by atoms with Crippen molar-refractivity contribution in [3.05, 3.63) is 69.8 Å². The van der Waals surface area contributed by atoms with Gasteiger partial charge in [-0.2, -0.15) is 5.43 Å². The van der Waals surface area contributed by atoms with Crippen molar-refractivity contribution in [1.29, 1.82) is 0 Å². The lowest BCUT2D eigenvalue weighted by atomic mass is 9.93. The minimum absolute atomic E-state index is 0.0505. The van der Waals surface area contributed by atoms with Gasteiger partial charge in [-0.15, -0.1) is 4.59 Å². The quantitative estimate of drug-likeness (QED) is 0.0422. The van der Waals surface area contributed by atoms with E-state index in [-0.39, 0.29) is 30.0 Å². The molecular formula is C30H33N7O12S. The zero-order valence-electron chi connectivity index (χ0n) is 26.7. The highest BCUT2D eigenvalue weighted by Gasteiger charge is 2.78. The number of hydrogen-bond donors (Lipinski definition) is 6. The highest BCUT2D eigenvalue weighted by molar-refractivity contribution is 8.01. The number of carboxylic acids is 1. The summed E-state index contributed by atoms with van der Waals surface area (Å²) in [6.45, 7) is 2.70. The molecule has 2 fully saturated rings. The summed E-state index contributed by atoms with van der Waals surface area (Å²) >= 11 is 1.03. The molecule has 6 N–H and O–H groups in total. The van der Waals surface area contributed by atoms with E-state index >= 15 is 0 Å². The second-order valence-electron chi connectivity index (χ2n) is 11.8. The first-order chi connectivity index (χ1) is 23.5. The Balaban J connectivity index is 1.59. The van der Waals surface area contributed by atoms with Crippen molar-refractivity contribution in [3.8, 4) is 5.75 Å². The number of amides is 6. The Morgan fingerprint density at radius 2 is 1.70 bits per heavy atom. The number of carboxylic acid groups (broad SMARTS) is 1. The standard InChI is InChI=1S/C30H33N7O12S/c1-30(2)23(28(44)45)37(26(43)22(32-14-38)27(37)50-30)35-25(42)21(16-6-10-18(39)11-7-16)34-24(41)19(12-20(40)31-3)33-29(46)49-13-15-4-8-17(9-5-15)36(47)48/h4-11,14,19,21-23,27H,12-13H2,1-3H3,(H6-,31,32,33,34,35,38,39,40,41,42,44,45,46)/t19?,21?,22-,23+,27-,37?/m1/s1. The molecule has 2 aromatic rings. The number of thioether (sulfide) groups is 1. The van der Waals surface area contributed by atoms with Crippen LogP contribution in [0.4, 0.5) is 10.5 Å². The normalized spacial score (nSPS) is 22.7. The first-order valence-corrected chi connectivity index (χ1v) is 15.7. The number of non-ortho nitro benzene ring substituents is 1. The maximum atomic E-state index is 14.0. The predicted molar refractivity (Wildman–Crippen MR) is 169 cm³/mol. The Morgan fingerprint density at radius 1 is 1.06 bits per heavy atom. The molecule has 0 saturated carbocycles. The molecule has 0 spiro atoms. The van der Waals surface area contributed by atoms with Crippen molar-refractivity contribution in [2.24, 2.45) is 0 Å². The summed E-state index contributed by atoms with van der Waals surface area (Å²) < 4.78 is 2.79. The van der Waals surface area contributed by atoms with Gasteiger partial charge in [0.25, 0.3) is 11.6 Å². The van der Waals surface area contributed by atoms with Crippen molar-refractivity contribution < 1.29 is 58.0 Å². The highest BCUT2D eigenvalue weighted by Crippen LogP contribution is 2.55. The van der Waals surface area contributed by atoms with Crippen LogP contribution in [0.5, 0.6) is 5.75 Å². The number of alkyl carbamates (subject to hydrolysis) is 1. The SMILES string of the molecule is CNC(=O)CC(NC(=O)OCc1ccc([N+](=O)[O-])cc1)C(=O)NC(C(=O)N[N+]12C(=O)[C@@H](NC=O)[C@H]1SC(C)(C)[C@@H]2C(=O)[O-])c1ccc(O)cc1. The number of nitro benzene ring substituents is 1. The Bertz CT molecular complexity index is 1700. The van der Waals surface area contributed by atoms with E-state index in [0.29, 0.717) is 5.56 Å². The Morgan fingerprint density at radius 3 is 2.26 bits per heavy atom. The number of aromatic hydroxyl groups is 1. The number of fused-ring (bicyclic) bond motifs is 1. The van der Waals surface area contributed by atoms with Crippen LogP contribution in [0.1, 0.15) is 37.4 Å². The van der Waals surface area contributed by atoms with Crippen LogP contribution in [0.15, 0.2) is 48.5 Å². The molecule has 4 rings (SSSR count). The number of rotatable bonds is 14. The van der Waals surface area contributed by atoms with E-state index in [1.807, 2.05) is 0 Å². The fraction of sp³-hybridized carbons (Fsp3) is 0.367. The average Bonchev–Trinajstić information content (AvgIpc) is 3.28. The molecule has 2 aliphatic rings. The summed E-state index contributed by atoms with van der Waals surface area (Å²) in [5.74, 6) is -5.57. The topological polar surface area (TPSA) is 275 Å². The van der Waals surface area contributed by atoms with E-state index < -0.39 is 85.9 Å². The zero-order valence-corrected chi connectivity index (χ0v) is 27.6. The first kappa shape index (κ1) is 37.1. The van der Waals surface area contributed by atoms with Crippen LogP contribution in [0.3, 0.4) is 0 Å². The van der Waals surface area contributed by atoms with Gasteiger partial charge in [0.1, 0.15) is 30.4 Å². The van der Waals surface area contributed by atoms with Gasteiger partial charge in [-0.1, -0.05) is 23.9 Å². The van der Waals surface area contributed by atoms with Crippen molar-refractivity contribution in [2.45, 2.75) is 61.2 Å². The molecule has 6 atom stereocenters. The number of nitrogens with zero attached hydrogens (tertiary/aromatic N) is 2. The van der Waals surface area contributed by atoms with E-state index in [9.17, 15) is 53.9 Å². The van der Waals surface area contributed by atoms with Gasteiger partial charge < -0.3 is 41.0 Å². The molecule has 2 saturated heterocycles. The average molecular weight is 716 g/mol. The van der Waals surface area contributed by atoms with Gasteiger partial charge in [0.2, 0.25) is 29.6 Å². The summed E-state index contributed by atoms with van der Waals surface area (Å²) in [4.78, 5) is 100. The van der Waals surface area contributed by atoms with Gasteiger partial charge in [-0.25, -0.2) is 9.59 Å². The third-order valence-corrected chi connectivity index (χ3v) is 9.82. The summed E-state index contributed by atoms with van der Waals surface area (Å²) in [7, 11) is 1.28. The number of ether oxygens (including phenoxy) is 1. The van der Waals surface area contributed by atoms with Crippen molar-refractivity contribution in [3.63, 3.8) is 0 Å². The van der Waals surface area contributed by atoms with Gasteiger partial charge in [0, 0.05) is 19.2 Å². The van der Waals surface area contributed by atoms with E-state index in [4.69, 9.17) is 4.74 Å². The van der Waals surface area contributed by atoms with Crippen LogP contribution in [0.2, 0.25) is 0 Å². The number of aliphatic carboxylic acids is 1. The third kappa shape index (κ3) is 7.44. The second kappa shape index (κ2) is 14.8. The number of nitrogens with one attached hydrogen (secondary N) is 5. The minimum atomic E-state index is -1.69. The number of phenols is 1. The van der Waals surface area contributed by atoms with Crippen LogP contribution >= 0.6 is 11.8 Å². The van der Waals surface area contributed by atoms with Gasteiger partial charge in [-0.05, 0) is 49.2 Å². The van der Waals surface area contributed by atoms with E-state index in [2.05, 4.69) is 26.7 Å². The first-order valence-electron chi connectivity index (χ1n) is 14.9. The minimum Gasteiger partial charge on any atom is -0.544 e. The molecule has 2 aromatic carbocycles. The van der Waals surface area contributed by atoms with Crippen LogP contribution < -0.4 is 31.8 Å². The summed E-state index contributed by atoms with van der Waals surface area (Å²) in [5, 5.41) is 41.5. The maximum Gasteiger partial charge on any atom is 0.408 e. The number of carbonyl (C=O) groups excluding carboxylic acids is 7. The van der Waals surface area contributed by atoms with Crippen molar-refractivity contribution >= 4 is 59.6 Å². The van der Waals surface area contributed by atoms with E-state index in [0.717, 1.165) is 11.8 Å². The molecule has 0 bridgehead atoms. The number of β-lactam (4-membered cyclic amide) rings is 1. The Labute approximate surface area is 287 Å². The lowest BCUT2D eigenvalue weighted by Crippen LogP contribution is -2.87. The van der Waals surface area contributed by atoms with Crippen LogP contribution in [-0.2, 0) is 40.1 Å². The van der Waals surface area contributed by atoms with E-state index in [1.165, 1.54) is 69.4 Å². The number of hydrogen-bond acceptors (Lipinski definition) is 13. The number of nitro groups is 1. The number of quaternary nitrogens is 1. The molecule has 0 aliphatic carbocycles. The van der Waals surface area contributed by atoms with Gasteiger partial charge >= 0.3 is 12.0 Å². The molecular weight excluding hydrogens is 682 g/mol. The Hall–Kier alpha value is -5.76. The van der Waals surface area contributed by atoms with Crippen LogP contribution in [-0.4, -0.2) is 92.0 Å². The number of phenolic OH excluding ortho intramolecular Hbond substituents is 1. The molecule has 3 unspecified atom stereocenters. The summed E-state index contributed by atoms with van der Waals surface area (Å²) in [6.07, 6.45) is -1.52. The molecule has 0 aromatic heterocycles. The van der Waals surface area contributed by atoms with E-state index in [1.54, 1.807) is 0 Å². The molecule has 19 nitrogen and oxygen atoms in total. The fourth-order valence-electron chi connectivity index (χ4n) is 5.78. The van der Waals surface area contributed by atoms with Crippen molar-refractivity contribution in [1.82, 2.24) is 26.7 Å². The Kier molecular flexibility index (Phi) is 11.0. The fourth-order valence-corrected chi connectivity index (χ4v) is 7.57. The van der Waals surface area contributed by atoms with Gasteiger partial charge in [0.05, 0.1) is 16.1 Å². The maximum absolute atomic E-state index is 14.0. The molecule has 2 heterocycles. The highest BCUT2D eigenvalue weighted by atomic mass is 32.2. The zero-order chi connectivity index (χ0) is 37.0. The van der Waals surface area contributed by atoms with Crippen LogP contribution in [0.25, 0.3) is 0 Å². The summed E-state index contributed by atoms with van der Waals surface area (Å²) in [6, 6.07) is 3.92. The molecule has 2 aliphatic heterocycles. The molecule has 50 heavy (non-hydrogen) atoms. The van der Waals surface area contributed by atoms with Crippen LogP contribution in [0, 0.1) is 10.1 Å².